The quantitative estimate of drug-likeness (QED) is 0.830. The fourth-order valence-corrected chi connectivity index (χ4v) is 3.91. The Kier molecular flexibility index (Phi) is 3.59. The molecule has 1 fully saturated rings. The first-order valence-corrected chi connectivity index (χ1v) is 9.16. The molecule has 0 heterocycles. The molecule has 0 amide bonds. The third-order valence-electron chi connectivity index (χ3n) is 2.84. The summed E-state index contributed by atoms with van der Waals surface area (Å²) in [5.41, 5.74) is 0.376. The second kappa shape index (κ2) is 4.77. The second-order valence-corrected chi connectivity index (χ2v) is 8.27. The molecular weight excluding hydrogens is 288 g/mol. The van der Waals surface area contributed by atoms with Gasteiger partial charge in [0.15, 0.2) is 9.84 Å². The smallest absolute Gasteiger partial charge is 0.242 e. The highest BCUT2D eigenvalue weighted by Gasteiger charge is 2.30. The third-order valence-corrected chi connectivity index (χ3v) is 5.51. The zero-order chi connectivity index (χ0) is 14.3. The van der Waals surface area contributed by atoms with Crippen LogP contribution in [-0.2, 0) is 19.9 Å². The van der Waals surface area contributed by atoms with Gasteiger partial charge >= 0.3 is 0 Å². The highest BCUT2D eigenvalue weighted by atomic mass is 32.2. The van der Waals surface area contributed by atoms with Crippen LogP contribution in [0.5, 0.6) is 0 Å². The van der Waals surface area contributed by atoms with Crippen molar-refractivity contribution in [3.63, 3.8) is 0 Å². The Labute approximate surface area is 113 Å². The highest BCUT2D eigenvalue weighted by molar-refractivity contribution is 7.91. The van der Waals surface area contributed by atoms with Crippen molar-refractivity contribution in [3.05, 3.63) is 18.2 Å². The Morgan fingerprint density at radius 1 is 1.16 bits per heavy atom. The second-order valence-electron chi connectivity index (χ2n) is 4.58. The zero-order valence-corrected chi connectivity index (χ0v) is 12.3. The number of nitrogens with one attached hydrogen (secondary N) is 2. The molecule has 0 unspecified atom stereocenters. The first-order valence-electron chi connectivity index (χ1n) is 5.78. The van der Waals surface area contributed by atoms with Crippen LogP contribution < -0.4 is 10.0 Å². The molecule has 1 saturated carbocycles. The largest absolute Gasteiger partial charge is 0.387 e. The lowest BCUT2D eigenvalue weighted by Gasteiger charge is -2.12. The van der Waals surface area contributed by atoms with Gasteiger partial charge in [-0.1, -0.05) is 0 Å². The molecule has 0 spiro atoms. The molecule has 1 aromatic rings. The molecule has 0 atom stereocenters. The number of rotatable bonds is 5. The molecule has 0 aliphatic heterocycles. The van der Waals surface area contributed by atoms with Gasteiger partial charge in [-0.2, -0.15) is 0 Å². The maximum Gasteiger partial charge on any atom is 0.242 e. The lowest BCUT2D eigenvalue weighted by molar-refractivity contribution is 0.581. The molecule has 6 nitrogen and oxygen atoms in total. The summed E-state index contributed by atoms with van der Waals surface area (Å²) in [4.78, 5) is -0.0486. The first kappa shape index (κ1) is 14.3. The van der Waals surface area contributed by atoms with Crippen molar-refractivity contribution in [2.45, 2.75) is 28.7 Å². The van der Waals surface area contributed by atoms with Crippen molar-refractivity contribution < 1.29 is 16.8 Å². The van der Waals surface area contributed by atoms with E-state index in [-0.39, 0.29) is 15.8 Å². The SMILES string of the molecule is CNc1ccc(S(C)(=O)=O)cc1S(=O)(=O)NC1CC1. The number of sulfonamides is 1. The van der Waals surface area contributed by atoms with Crippen LogP contribution in [0.3, 0.4) is 0 Å². The van der Waals surface area contributed by atoms with Gasteiger partial charge in [-0.15, -0.1) is 0 Å². The van der Waals surface area contributed by atoms with E-state index in [9.17, 15) is 16.8 Å². The Morgan fingerprint density at radius 2 is 1.79 bits per heavy atom. The summed E-state index contributed by atoms with van der Waals surface area (Å²) in [7, 11) is -5.55. The Morgan fingerprint density at radius 3 is 2.26 bits per heavy atom. The standard InChI is InChI=1S/C11H16N2O4S2/c1-12-10-6-5-9(18(2,14)15)7-11(10)19(16,17)13-8-3-4-8/h5-8,12-13H,3-4H2,1-2H3. The van der Waals surface area contributed by atoms with E-state index in [1.54, 1.807) is 7.05 Å². The summed E-state index contributed by atoms with van der Waals surface area (Å²) in [6.07, 6.45) is 2.69. The average Bonchev–Trinajstić information content (AvgIpc) is 3.10. The van der Waals surface area contributed by atoms with Crippen LogP contribution >= 0.6 is 0 Å². The van der Waals surface area contributed by atoms with Crippen molar-refractivity contribution in [3.8, 4) is 0 Å². The van der Waals surface area contributed by atoms with E-state index in [2.05, 4.69) is 10.0 Å². The van der Waals surface area contributed by atoms with Gasteiger partial charge in [0, 0.05) is 19.3 Å². The predicted octanol–water partition coefficient (Wildman–Crippen LogP) is 0.572. The third kappa shape index (κ3) is 3.26. The van der Waals surface area contributed by atoms with Gasteiger partial charge in [-0.3, -0.25) is 0 Å². The van der Waals surface area contributed by atoms with Crippen LogP contribution in [0.4, 0.5) is 5.69 Å². The van der Waals surface area contributed by atoms with E-state index >= 15 is 0 Å². The summed E-state index contributed by atoms with van der Waals surface area (Å²) in [6, 6.07) is 4.00. The van der Waals surface area contributed by atoms with Crippen LogP contribution in [-0.4, -0.2) is 36.2 Å². The number of sulfone groups is 1. The molecule has 0 saturated heterocycles. The summed E-state index contributed by atoms with van der Waals surface area (Å²) < 4.78 is 49.9. The number of hydrogen-bond donors (Lipinski definition) is 2. The highest BCUT2D eigenvalue weighted by Crippen LogP contribution is 2.27. The molecule has 106 valence electrons. The average molecular weight is 304 g/mol. The summed E-state index contributed by atoms with van der Waals surface area (Å²) in [6.45, 7) is 0. The minimum atomic E-state index is -3.70. The number of anilines is 1. The van der Waals surface area contributed by atoms with E-state index in [4.69, 9.17) is 0 Å². The normalized spacial score (nSPS) is 16.3. The Balaban J connectivity index is 2.52. The lowest BCUT2D eigenvalue weighted by atomic mass is 10.3. The fraction of sp³-hybridized carbons (Fsp3) is 0.455. The van der Waals surface area contributed by atoms with Crippen molar-refractivity contribution >= 4 is 25.5 Å². The van der Waals surface area contributed by atoms with Crippen LogP contribution in [0.25, 0.3) is 0 Å². The fourth-order valence-electron chi connectivity index (χ4n) is 1.65. The van der Waals surface area contributed by atoms with Crippen LogP contribution in [0, 0.1) is 0 Å². The molecule has 0 bridgehead atoms. The summed E-state index contributed by atoms with van der Waals surface area (Å²) in [5.74, 6) is 0. The molecule has 1 aliphatic carbocycles. The topological polar surface area (TPSA) is 92.3 Å². The van der Waals surface area contributed by atoms with Gasteiger partial charge in [0.2, 0.25) is 10.0 Å². The van der Waals surface area contributed by atoms with E-state index in [0.717, 1.165) is 19.1 Å². The van der Waals surface area contributed by atoms with Gasteiger partial charge in [0.1, 0.15) is 4.90 Å². The van der Waals surface area contributed by atoms with Crippen LogP contribution in [0.2, 0.25) is 0 Å². The minimum Gasteiger partial charge on any atom is -0.387 e. The van der Waals surface area contributed by atoms with Gasteiger partial charge in [0.05, 0.1) is 10.6 Å². The van der Waals surface area contributed by atoms with Gasteiger partial charge in [-0.05, 0) is 31.0 Å². The van der Waals surface area contributed by atoms with E-state index in [1.807, 2.05) is 0 Å². The molecule has 1 aliphatic rings. The van der Waals surface area contributed by atoms with Gasteiger partial charge in [0.25, 0.3) is 0 Å². The lowest BCUT2D eigenvalue weighted by Crippen LogP contribution is -2.26. The molecule has 19 heavy (non-hydrogen) atoms. The monoisotopic (exact) mass is 304 g/mol. The molecule has 0 radical (unpaired) electrons. The Bertz CT molecular complexity index is 691. The van der Waals surface area contributed by atoms with E-state index in [0.29, 0.717) is 5.69 Å². The Hall–Kier alpha value is -1.12. The predicted molar refractivity (Wildman–Crippen MR) is 72.4 cm³/mol. The van der Waals surface area contributed by atoms with Crippen LogP contribution in [0.1, 0.15) is 12.8 Å². The van der Waals surface area contributed by atoms with Gasteiger partial charge < -0.3 is 5.32 Å². The zero-order valence-electron chi connectivity index (χ0n) is 10.7. The van der Waals surface area contributed by atoms with Crippen LogP contribution in [0.15, 0.2) is 28.0 Å². The number of benzene rings is 1. The first-order chi connectivity index (χ1) is 8.74. The summed E-state index contributed by atoms with van der Waals surface area (Å²) in [5, 5.41) is 2.76. The molecule has 2 N–H and O–H groups in total. The maximum atomic E-state index is 12.2. The number of hydrogen-bond acceptors (Lipinski definition) is 5. The molecule has 1 aromatic carbocycles. The maximum absolute atomic E-state index is 12.2. The van der Waals surface area contributed by atoms with Crippen molar-refractivity contribution in [2.24, 2.45) is 0 Å². The van der Waals surface area contributed by atoms with Crippen molar-refractivity contribution in [2.75, 3.05) is 18.6 Å². The van der Waals surface area contributed by atoms with Crippen molar-refractivity contribution in [1.82, 2.24) is 4.72 Å². The molecular formula is C11H16N2O4S2. The minimum absolute atomic E-state index is 0.0114. The van der Waals surface area contributed by atoms with E-state index < -0.39 is 19.9 Å². The van der Waals surface area contributed by atoms with Gasteiger partial charge in [-0.25, -0.2) is 21.6 Å². The van der Waals surface area contributed by atoms with Crippen molar-refractivity contribution in [1.29, 1.82) is 0 Å². The molecule has 8 heteroatoms. The molecule has 2 rings (SSSR count). The summed E-state index contributed by atoms with van der Waals surface area (Å²) >= 11 is 0. The van der Waals surface area contributed by atoms with E-state index in [1.165, 1.54) is 18.2 Å². The molecule has 0 aromatic heterocycles.